The van der Waals surface area contributed by atoms with Gasteiger partial charge in [0.05, 0.1) is 42.2 Å². The van der Waals surface area contributed by atoms with Crippen LogP contribution in [0.15, 0.2) is 12.1 Å². The molecular weight excluding hydrogens is 492 g/mol. The van der Waals surface area contributed by atoms with Crippen LogP contribution in [0.4, 0.5) is 17.1 Å². The van der Waals surface area contributed by atoms with Crippen molar-refractivity contribution >= 4 is 43.2 Å². The first kappa shape index (κ1) is 28.1. The van der Waals surface area contributed by atoms with Crippen molar-refractivity contribution in [1.82, 2.24) is 5.32 Å². The smallest absolute Gasteiger partial charge is 0.312 e. The Morgan fingerprint density at radius 2 is 1.55 bits per heavy atom. The first-order valence-corrected chi connectivity index (χ1v) is 12.6. The molecule has 186 valence electrons. The molecule has 0 aliphatic rings. The molecule has 33 heavy (non-hydrogen) atoms. The highest BCUT2D eigenvalue weighted by atomic mass is 32.2. The molecule has 0 saturated heterocycles. The van der Waals surface area contributed by atoms with E-state index in [-0.39, 0.29) is 25.3 Å². The Balaban J connectivity index is 3.56. The van der Waals surface area contributed by atoms with Crippen molar-refractivity contribution in [3.63, 3.8) is 0 Å². The fourth-order valence-electron chi connectivity index (χ4n) is 2.59. The number of hydrogen-bond donors (Lipinski definition) is 2. The first-order valence-electron chi connectivity index (χ1n) is 8.96. The molecule has 0 aliphatic heterocycles. The third-order valence-electron chi connectivity index (χ3n) is 3.80. The fourth-order valence-corrected chi connectivity index (χ4v) is 3.35. The molecule has 1 aromatic rings. The third-order valence-corrected chi connectivity index (χ3v) is 4.99. The minimum atomic E-state index is -3.89. The Labute approximate surface area is 188 Å². The van der Waals surface area contributed by atoms with Gasteiger partial charge >= 0.3 is 5.69 Å². The Hall–Kier alpha value is -2.93. The second-order valence-electron chi connectivity index (χ2n) is 6.36. The van der Waals surface area contributed by atoms with E-state index in [1.54, 1.807) is 0 Å². The normalized spacial score (nSPS) is 11.7. The van der Waals surface area contributed by atoms with Crippen LogP contribution >= 0.6 is 0 Å². The van der Waals surface area contributed by atoms with E-state index < -0.39 is 72.7 Å². The SMILES string of the molecule is CS(=O)(=O)OCCN(CCOS(C)(=O)=O)c1ccc([N+](=O)[O-])c(C(=O)NCCO)c1[N+](=O)[O-]. The lowest BCUT2D eigenvalue weighted by atomic mass is 10.1. The van der Waals surface area contributed by atoms with Crippen LogP contribution in [0.25, 0.3) is 0 Å². The van der Waals surface area contributed by atoms with E-state index in [0.717, 1.165) is 29.5 Å². The molecule has 1 aromatic carbocycles. The summed E-state index contributed by atoms with van der Waals surface area (Å²) in [5.74, 6) is -1.20. The summed E-state index contributed by atoms with van der Waals surface area (Å²) in [6, 6.07) is 1.79. The number of rotatable bonds is 14. The van der Waals surface area contributed by atoms with Crippen molar-refractivity contribution in [2.45, 2.75) is 0 Å². The number of carbonyl (C=O) groups is 1. The Morgan fingerprint density at radius 1 is 1.03 bits per heavy atom. The molecule has 0 aromatic heterocycles. The molecule has 0 spiro atoms. The van der Waals surface area contributed by atoms with Gasteiger partial charge in [-0.05, 0) is 6.07 Å². The summed E-state index contributed by atoms with van der Waals surface area (Å²) in [7, 11) is -7.77. The van der Waals surface area contributed by atoms with Gasteiger partial charge in [-0.15, -0.1) is 0 Å². The van der Waals surface area contributed by atoms with Crippen molar-refractivity contribution in [2.75, 3.05) is 56.9 Å². The number of amides is 1. The van der Waals surface area contributed by atoms with Gasteiger partial charge in [0.2, 0.25) is 0 Å². The van der Waals surface area contributed by atoms with Gasteiger partial charge in [-0.2, -0.15) is 16.8 Å². The van der Waals surface area contributed by atoms with Gasteiger partial charge in [0, 0.05) is 25.7 Å². The van der Waals surface area contributed by atoms with E-state index in [0.29, 0.717) is 0 Å². The van der Waals surface area contributed by atoms with Gasteiger partial charge in [0.25, 0.3) is 31.8 Å². The minimum absolute atomic E-state index is 0.342. The second kappa shape index (κ2) is 11.8. The maximum atomic E-state index is 12.5. The molecule has 16 nitrogen and oxygen atoms in total. The van der Waals surface area contributed by atoms with Gasteiger partial charge in [-0.1, -0.05) is 0 Å². The van der Waals surface area contributed by atoms with Gasteiger partial charge in [0.15, 0.2) is 5.56 Å². The van der Waals surface area contributed by atoms with Gasteiger partial charge in [-0.25, -0.2) is 0 Å². The number of anilines is 1. The van der Waals surface area contributed by atoms with E-state index in [2.05, 4.69) is 13.7 Å². The number of benzene rings is 1. The number of carbonyl (C=O) groups excluding carboxylic acids is 1. The monoisotopic (exact) mass is 514 g/mol. The lowest BCUT2D eigenvalue weighted by Crippen LogP contribution is -2.34. The largest absolute Gasteiger partial charge is 0.395 e. The molecule has 18 heteroatoms. The van der Waals surface area contributed by atoms with Crippen LogP contribution in [-0.2, 0) is 28.6 Å². The standard InChI is InChI=1S/C15H22N4O12S2/c1-32(26,27)30-9-6-17(7-10-31-33(2,28)29)12-4-3-11(18(22)23)13(14(12)19(24)25)15(21)16-5-8-20/h3-4,20H,5-10H2,1-2H3,(H,16,21). The Kier molecular flexibility index (Phi) is 10.0. The predicted octanol–water partition coefficient (Wildman–Crippen LogP) is -1.02. The molecule has 0 atom stereocenters. The Morgan fingerprint density at radius 3 is 1.94 bits per heavy atom. The average Bonchev–Trinajstić information content (AvgIpc) is 2.67. The van der Waals surface area contributed by atoms with Crippen molar-refractivity contribution in [3.05, 3.63) is 37.9 Å². The second-order valence-corrected chi connectivity index (χ2v) is 9.65. The number of nitrogens with one attached hydrogen (secondary N) is 1. The van der Waals surface area contributed by atoms with E-state index in [1.165, 1.54) is 0 Å². The van der Waals surface area contributed by atoms with Crippen LogP contribution in [-0.4, -0.2) is 89.7 Å². The van der Waals surface area contributed by atoms with Gasteiger partial charge < -0.3 is 15.3 Å². The van der Waals surface area contributed by atoms with Crippen LogP contribution in [0.5, 0.6) is 0 Å². The summed E-state index contributed by atoms with van der Waals surface area (Å²) in [6.07, 6.45) is 1.53. The highest BCUT2D eigenvalue weighted by molar-refractivity contribution is 7.86. The number of hydrogen-bond acceptors (Lipinski definition) is 13. The van der Waals surface area contributed by atoms with Crippen LogP contribution in [0, 0.1) is 20.2 Å². The van der Waals surface area contributed by atoms with E-state index in [1.807, 2.05) is 0 Å². The molecule has 0 heterocycles. The summed E-state index contributed by atoms with van der Waals surface area (Å²) < 4.78 is 54.1. The Bertz CT molecular complexity index is 1070. The number of aliphatic hydroxyl groups is 1. The molecule has 0 radical (unpaired) electrons. The fraction of sp³-hybridized carbons (Fsp3) is 0.533. The summed E-state index contributed by atoms with van der Waals surface area (Å²) >= 11 is 0. The van der Waals surface area contributed by atoms with E-state index in [4.69, 9.17) is 5.11 Å². The van der Waals surface area contributed by atoms with Crippen molar-refractivity contribution in [3.8, 4) is 0 Å². The zero-order valence-corrected chi connectivity index (χ0v) is 19.1. The van der Waals surface area contributed by atoms with Crippen LogP contribution in [0.2, 0.25) is 0 Å². The van der Waals surface area contributed by atoms with Crippen LogP contribution < -0.4 is 10.2 Å². The topological polar surface area (TPSA) is 226 Å². The third kappa shape index (κ3) is 9.22. The molecule has 1 amide bonds. The average molecular weight is 514 g/mol. The molecule has 0 bridgehead atoms. The molecule has 0 fully saturated rings. The highest BCUT2D eigenvalue weighted by Gasteiger charge is 2.35. The van der Waals surface area contributed by atoms with Crippen molar-refractivity contribution < 1.29 is 44.9 Å². The zero-order chi connectivity index (χ0) is 25.4. The number of nitro benzene ring substituents is 2. The quantitative estimate of drug-likeness (QED) is 0.172. The molecular formula is C15H22N4O12S2. The zero-order valence-electron chi connectivity index (χ0n) is 17.5. The minimum Gasteiger partial charge on any atom is -0.395 e. The summed E-state index contributed by atoms with van der Waals surface area (Å²) in [4.78, 5) is 34.7. The number of aliphatic hydroxyl groups excluding tert-OH is 1. The molecule has 1 rings (SSSR count). The maximum Gasteiger partial charge on any atom is 0.312 e. The highest BCUT2D eigenvalue weighted by Crippen LogP contribution is 2.37. The molecule has 2 N–H and O–H groups in total. The van der Waals surface area contributed by atoms with E-state index >= 15 is 0 Å². The van der Waals surface area contributed by atoms with Gasteiger partial charge in [-0.3, -0.25) is 33.4 Å². The lowest BCUT2D eigenvalue weighted by Gasteiger charge is -2.24. The first-order chi connectivity index (χ1) is 15.2. The summed E-state index contributed by atoms with van der Waals surface area (Å²) in [6.45, 7) is -2.61. The molecule has 0 aliphatic carbocycles. The summed E-state index contributed by atoms with van der Waals surface area (Å²) in [5, 5.41) is 34.2. The molecule has 0 saturated carbocycles. The van der Waals surface area contributed by atoms with Crippen LogP contribution in [0.3, 0.4) is 0 Å². The summed E-state index contributed by atoms with van der Waals surface area (Å²) in [5.41, 5.74) is -3.14. The number of nitro groups is 2. The predicted molar refractivity (Wildman–Crippen MR) is 113 cm³/mol. The maximum absolute atomic E-state index is 12.5. The van der Waals surface area contributed by atoms with Crippen LogP contribution in [0.1, 0.15) is 10.4 Å². The molecule has 0 unspecified atom stereocenters. The number of nitrogens with zero attached hydrogens (tertiary/aromatic N) is 3. The van der Waals surface area contributed by atoms with Crippen molar-refractivity contribution in [1.29, 1.82) is 0 Å². The van der Waals surface area contributed by atoms with Crippen molar-refractivity contribution in [2.24, 2.45) is 0 Å². The lowest BCUT2D eigenvalue weighted by molar-refractivity contribution is -0.394. The van der Waals surface area contributed by atoms with E-state index in [9.17, 15) is 41.9 Å². The van der Waals surface area contributed by atoms with Gasteiger partial charge in [0.1, 0.15) is 5.69 Å².